The fraction of sp³-hybridized carbons (Fsp3) is 0.188. The van der Waals surface area contributed by atoms with E-state index in [4.69, 9.17) is 0 Å². The monoisotopic (exact) mass is 266 g/mol. The van der Waals surface area contributed by atoms with Gasteiger partial charge in [-0.1, -0.05) is 23.8 Å². The van der Waals surface area contributed by atoms with E-state index < -0.39 is 0 Å². The van der Waals surface area contributed by atoms with Crippen LogP contribution < -0.4 is 0 Å². The first kappa shape index (κ1) is 12.5. The van der Waals surface area contributed by atoms with Crippen molar-refractivity contribution in [2.24, 2.45) is 0 Å². The summed E-state index contributed by atoms with van der Waals surface area (Å²) >= 11 is 0. The van der Waals surface area contributed by atoms with Crippen molar-refractivity contribution >= 4 is 11.8 Å². The first-order valence-electron chi connectivity index (χ1n) is 6.49. The largest absolute Gasteiger partial charge is 0.274 e. The third-order valence-electron chi connectivity index (χ3n) is 3.43. The van der Waals surface area contributed by atoms with Gasteiger partial charge in [-0.2, -0.15) is 0 Å². The Morgan fingerprint density at radius 2 is 2.05 bits per heavy atom. The molecule has 0 spiro atoms. The Kier molecular flexibility index (Phi) is 3.06. The maximum absolute atomic E-state index is 12.5. The number of aromatic nitrogens is 1. The number of hydrogen-bond acceptors (Lipinski definition) is 3. The molecule has 2 heterocycles. The van der Waals surface area contributed by atoms with Gasteiger partial charge in [0, 0.05) is 11.8 Å². The van der Waals surface area contributed by atoms with Gasteiger partial charge in [0.25, 0.3) is 5.91 Å². The number of rotatable bonds is 2. The second-order valence-corrected chi connectivity index (χ2v) is 4.94. The maximum atomic E-state index is 12.5. The molecule has 0 unspecified atom stereocenters. The lowest BCUT2D eigenvalue weighted by Gasteiger charge is -2.26. The second kappa shape index (κ2) is 4.89. The molecule has 0 bridgehead atoms. The highest BCUT2D eigenvalue weighted by molar-refractivity contribution is 6.09. The van der Waals surface area contributed by atoms with E-state index in [0.717, 1.165) is 11.1 Å². The number of aryl methyl sites for hydroxylation is 1. The van der Waals surface area contributed by atoms with Gasteiger partial charge in [-0.3, -0.25) is 19.5 Å². The van der Waals surface area contributed by atoms with Crippen molar-refractivity contribution in [3.63, 3.8) is 0 Å². The van der Waals surface area contributed by atoms with Crippen molar-refractivity contribution < 1.29 is 9.59 Å². The van der Waals surface area contributed by atoms with Crippen LogP contribution in [0.5, 0.6) is 0 Å². The Morgan fingerprint density at radius 1 is 1.20 bits per heavy atom. The van der Waals surface area contributed by atoms with Crippen LogP contribution in [0.15, 0.2) is 42.6 Å². The number of hydrogen-bond donors (Lipinski definition) is 0. The first-order chi connectivity index (χ1) is 9.65. The molecule has 4 nitrogen and oxygen atoms in total. The Labute approximate surface area is 117 Å². The number of carbonyl (C=O) groups is 2. The fourth-order valence-corrected chi connectivity index (χ4v) is 2.37. The van der Waals surface area contributed by atoms with Crippen molar-refractivity contribution in [3.05, 3.63) is 65.0 Å². The van der Waals surface area contributed by atoms with Gasteiger partial charge in [0.1, 0.15) is 0 Å². The average molecular weight is 266 g/mol. The van der Waals surface area contributed by atoms with Crippen LogP contribution in [0.25, 0.3) is 0 Å². The zero-order chi connectivity index (χ0) is 14.1. The van der Waals surface area contributed by atoms with Crippen LogP contribution in [0.3, 0.4) is 0 Å². The SMILES string of the molecule is Cc1ccc2c(c1)C(=O)N(Cc1ccccn1)C(=O)C2. The van der Waals surface area contributed by atoms with Crippen molar-refractivity contribution in [3.8, 4) is 0 Å². The van der Waals surface area contributed by atoms with Crippen LogP contribution in [0.4, 0.5) is 0 Å². The first-order valence-corrected chi connectivity index (χ1v) is 6.49. The van der Waals surface area contributed by atoms with Crippen LogP contribution in [-0.4, -0.2) is 21.7 Å². The molecule has 2 aromatic rings. The van der Waals surface area contributed by atoms with Gasteiger partial charge in [0.05, 0.1) is 18.7 Å². The van der Waals surface area contributed by atoms with E-state index >= 15 is 0 Å². The lowest BCUT2D eigenvalue weighted by atomic mass is 9.96. The van der Waals surface area contributed by atoms with Crippen molar-refractivity contribution in [2.75, 3.05) is 0 Å². The molecule has 0 fully saturated rings. The molecule has 1 aromatic carbocycles. The fourth-order valence-electron chi connectivity index (χ4n) is 2.37. The van der Waals surface area contributed by atoms with Gasteiger partial charge in [0.2, 0.25) is 5.91 Å². The third kappa shape index (κ3) is 2.20. The minimum Gasteiger partial charge on any atom is -0.274 e. The predicted octanol–water partition coefficient (Wildman–Crippen LogP) is 2.12. The maximum Gasteiger partial charge on any atom is 0.261 e. The van der Waals surface area contributed by atoms with Gasteiger partial charge in [0.15, 0.2) is 0 Å². The van der Waals surface area contributed by atoms with Gasteiger partial charge >= 0.3 is 0 Å². The normalized spacial score (nSPS) is 14.3. The number of nitrogens with zero attached hydrogens (tertiary/aromatic N) is 2. The summed E-state index contributed by atoms with van der Waals surface area (Å²) in [5, 5.41) is 0. The van der Waals surface area contributed by atoms with E-state index in [9.17, 15) is 9.59 Å². The van der Waals surface area contributed by atoms with E-state index in [2.05, 4.69) is 4.98 Å². The summed E-state index contributed by atoms with van der Waals surface area (Å²) in [6.45, 7) is 2.17. The molecule has 4 heteroatoms. The number of benzene rings is 1. The van der Waals surface area contributed by atoms with Crippen molar-refractivity contribution in [2.45, 2.75) is 19.9 Å². The van der Waals surface area contributed by atoms with E-state index in [1.54, 1.807) is 6.20 Å². The van der Waals surface area contributed by atoms with E-state index in [1.807, 2.05) is 43.3 Å². The smallest absolute Gasteiger partial charge is 0.261 e. The average Bonchev–Trinajstić information content (AvgIpc) is 2.46. The van der Waals surface area contributed by atoms with Crippen LogP contribution in [-0.2, 0) is 17.8 Å². The molecule has 0 aliphatic carbocycles. The zero-order valence-corrected chi connectivity index (χ0v) is 11.2. The lowest BCUT2D eigenvalue weighted by molar-refractivity contribution is -0.128. The summed E-state index contributed by atoms with van der Waals surface area (Å²) < 4.78 is 0. The van der Waals surface area contributed by atoms with E-state index in [-0.39, 0.29) is 24.8 Å². The van der Waals surface area contributed by atoms with Crippen LogP contribution in [0.2, 0.25) is 0 Å². The topological polar surface area (TPSA) is 50.3 Å². The molecule has 2 amide bonds. The molecular formula is C16H14N2O2. The molecule has 0 radical (unpaired) electrons. The molecule has 1 aliphatic rings. The summed E-state index contributed by atoms with van der Waals surface area (Å²) in [7, 11) is 0. The summed E-state index contributed by atoms with van der Waals surface area (Å²) in [6, 6.07) is 11.1. The molecule has 20 heavy (non-hydrogen) atoms. The van der Waals surface area contributed by atoms with Gasteiger partial charge in [-0.15, -0.1) is 0 Å². The summed E-state index contributed by atoms with van der Waals surface area (Å²) in [4.78, 5) is 30.0. The highest BCUT2D eigenvalue weighted by Crippen LogP contribution is 2.22. The molecule has 0 saturated heterocycles. The predicted molar refractivity (Wildman–Crippen MR) is 74.0 cm³/mol. The molecule has 100 valence electrons. The Balaban J connectivity index is 1.94. The molecule has 1 aliphatic heterocycles. The molecule has 3 rings (SSSR count). The Hall–Kier alpha value is -2.49. The van der Waals surface area contributed by atoms with Gasteiger partial charge in [-0.05, 0) is 30.7 Å². The van der Waals surface area contributed by atoms with Gasteiger partial charge < -0.3 is 0 Å². The highest BCUT2D eigenvalue weighted by atomic mass is 16.2. The summed E-state index contributed by atoms with van der Waals surface area (Å²) in [5.41, 5.74) is 3.16. The summed E-state index contributed by atoms with van der Waals surface area (Å²) in [6.07, 6.45) is 1.93. The minimum absolute atomic E-state index is 0.169. The Morgan fingerprint density at radius 3 is 2.80 bits per heavy atom. The Bertz CT molecular complexity index is 680. The van der Waals surface area contributed by atoms with Crippen molar-refractivity contribution in [1.82, 2.24) is 9.88 Å². The molecule has 1 aromatic heterocycles. The molecular weight excluding hydrogens is 252 g/mol. The quantitative estimate of drug-likeness (QED) is 0.782. The van der Waals surface area contributed by atoms with Crippen molar-refractivity contribution in [1.29, 1.82) is 0 Å². The van der Waals surface area contributed by atoms with Crippen LogP contribution in [0.1, 0.15) is 27.2 Å². The van der Waals surface area contributed by atoms with Gasteiger partial charge in [-0.25, -0.2) is 0 Å². The number of imide groups is 1. The number of pyridine rings is 1. The second-order valence-electron chi connectivity index (χ2n) is 4.94. The lowest BCUT2D eigenvalue weighted by Crippen LogP contribution is -2.41. The molecule has 0 N–H and O–H groups in total. The van der Waals surface area contributed by atoms with E-state index in [0.29, 0.717) is 11.3 Å². The number of carbonyl (C=O) groups excluding carboxylic acids is 2. The number of amides is 2. The standard InChI is InChI=1S/C16H14N2O2/c1-11-5-6-12-9-15(19)18(16(20)14(12)8-11)10-13-4-2-3-7-17-13/h2-8H,9-10H2,1H3. The van der Waals surface area contributed by atoms with E-state index in [1.165, 1.54) is 4.90 Å². The minimum atomic E-state index is -0.231. The molecule has 0 atom stereocenters. The highest BCUT2D eigenvalue weighted by Gasteiger charge is 2.30. The number of fused-ring (bicyclic) bond motifs is 1. The zero-order valence-electron chi connectivity index (χ0n) is 11.2. The van der Waals surface area contributed by atoms with Crippen LogP contribution in [0, 0.1) is 6.92 Å². The van der Waals surface area contributed by atoms with Crippen LogP contribution >= 0.6 is 0 Å². The molecule has 0 saturated carbocycles. The summed E-state index contributed by atoms with van der Waals surface area (Å²) in [5.74, 6) is -0.400. The third-order valence-corrected chi connectivity index (χ3v) is 3.43.